The summed E-state index contributed by atoms with van der Waals surface area (Å²) in [7, 11) is 0. The van der Waals surface area contributed by atoms with E-state index in [1.165, 1.54) is 0 Å². The van der Waals surface area contributed by atoms with Gasteiger partial charge in [0.05, 0.1) is 0 Å². The number of alkyl halides is 3. The Morgan fingerprint density at radius 2 is 1.33 bits per heavy atom. The molecule has 1 N–H and O–H groups in total. The lowest BCUT2D eigenvalue weighted by molar-refractivity contribution is -0.278. The summed E-state index contributed by atoms with van der Waals surface area (Å²) in [4.78, 5) is 57.0. The minimum atomic E-state index is -5.35. The number of hydrogen-bond donors (Lipinski definition) is 1. The quantitative estimate of drug-likeness (QED) is 0.431. The second-order valence-corrected chi connectivity index (χ2v) is 6.10. The standard InChI is InChI=1S/C16H20F3NO10/c1-6(21)26-5-10-12(27-7(2)22)11(20-15(25)16(17,18)19)13(28-8(3)23)14(30-10)29-9(4)24/h10-14H,5H2,1-4H3,(H,20,25)/t10?,11?,12-,13-,14+/m1/s1. The van der Waals surface area contributed by atoms with E-state index in [-0.39, 0.29) is 0 Å². The van der Waals surface area contributed by atoms with Crippen molar-refractivity contribution in [3.05, 3.63) is 0 Å². The molecule has 1 amide bonds. The highest BCUT2D eigenvalue weighted by Gasteiger charge is 2.54. The second kappa shape index (κ2) is 10.2. The molecule has 0 radical (unpaired) electrons. The number of esters is 4. The summed E-state index contributed by atoms with van der Waals surface area (Å²) in [6.45, 7) is 3.15. The number of rotatable bonds is 6. The Labute approximate surface area is 168 Å². The first-order valence-corrected chi connectivity index (χ1v) is 8.40. The minimum Gasteiger partial charge on any atom is -0.463 e. The van der Waals surface area contributed by atoms with Crippen molar-refractivity contribution in [1.29, 1.82) is 0 Å². The Morgan fingerprint density at radius 1 is 0.833 bits per heavy atom. The number of ether oxygens (including phenoxy) is 5. The van der Waals surface area contributed by atoms with Crippen LogP contribution in [0.5, 0.6) is 0 Å². The van der Waals surface area contributed by atoms with Crippen molar-refractivity contribution in [1.82, 2.24) is 5.32 Å². The van der Waals surface area contributed by atoms with Gasteiger partial charge in [-0.1, -0.05) is 0 Å². The van der Waals surface area contributed by atoms with E-state index in [2.05, 4.69) is 0 Å². The molecule has 1 saturated heterocycles. The zero-order valence-corrected chi connectivity index (χ0v) is 16.3. The number of nitrogens with one attached hydrogen (secondary N) is 1. The van der Waals surface area contributed by atoms with Gasteiger partial charge in [0.2, 0.25) is 6.29 Å². The first-order chi connectivity index (χ1) is 13.7. The Balaban J connectivity index is 3.41. The smallest absolute Gasteiger partial charge is 0.463 e. The van der Waals surface area contributed by atoms with Crippen LogP contribution in [-0.4, -0.2) is 73.2 Å². The number of carbonyl (C=O) groups is 5. The molecule has 1 fully saturated rings. The van der Waals surface area contributed by atoms with Gasteiger partial charge in [-0.15, -0.1) is 0 Å². The van der Waals surface area contributed by atoms with E-state index in [1.807, 2.05) is 0 Å². The van der Waals surface area contributed by atoms with Gasteiger partial charge in [-0.3, -0.25) is 24.0 Å². The van der Waals surface area contributed by atoms with Crippen LogP contribution >= 0.6 is 0 Å². The number of carbonyl (C=O) groups excluding carboxylic acids is 5. The van der Waals surface area contributed by atoms with Crippen LogP contribution in [0.4, 0.5) is 13.2 Å². The lowest BCUT2D eigenvalue weighted by atomic mass is 9.95. The normalized spacial score (nSPS) is 26.2. The molecule has 0 saturated carbocycles. The third-order valence-corrected chi connectivity index (χ3v) is 3.54. The molecule has 0 aromatic rings. The van der Waals surface area contributed by atoms with Crippen molar-refractivity contribution in [2.75, 3.05) is 6.61 Å². The van der Waals surface area contributed by atoms with Gasteiger partial charge in [-0.2, -0.15) is 13.2 Å². The summed E-state index contributed by atoms with van der Waals surface area (Å²) in [5.41, 5.74) is 0. The molecular weight excluding hydrogens is 423 g/mol. The predicted molar refractivity (Wildman–Crippen MR) is 86.2 cm³/mol. The molecule has 11 nitrogen and oxygen atoms in total. The fraction of sp³-hybridized carbons (Fsp3) is 0.688. The lowest BCUT2D eigenvalue weighted by Crippen LogP contribution is -2.68. The van der Waals surface area contributed by atoms with E-state index < -0.39 is 73.2 Å². The first-order valence-electron chi connectivity index (χ1n) is 8.40. The Morgan fingerprint density at radius 3 is 1.77 bits per heavy atom. The monoisotopic (exact) mass is 443 g/mol. The molecule has 5 atom stereocenters. The maximum atomic E-state index is 12.8. The van der Waals surface area contributed by atoms with Crippen LogP contribution in [0.15, 0.2) is 0 Å². The molecular formula is C16H20F3NO10. The minimum absolute atomic E-state index is 0.643. The van der Waals surface area contributed by atoms with Crippen molar-refractivity contribution in [2.45, 2.75) is 64.5 Å². The van der Waals surface area contributed by atoms with E-state index in [0.717, 1.165) is 27.7 Å². The highest BCUT2D eigenvalue weighted by molar-refractivity contribution is 5.82. The number of halogens is 3. The average molecular weight is 443 g/mol. The molecule has 0 bridgehead atoms. The Kier molecular flexibility index (Phi) is 8.57. The van der Waals surface area contributed by atoms with Gasteiger partial charge in [0, 0.05) is 27.7 Å². The third-order valence-electron chi connectivity index (χ3n) is 3.54. The fourth-order valence-corrected chi connectivity index (χ4v) is 2.57. The largest absolute Gasteiger partial charge is 0.471 e. The zero-order valence-electron chi connectivity index (χ0n) is 16.3. The van der Waals surface area contributed by atoms with E-state index in [4.69, 9.17) is 23.7 Å². The topological polar surface area (TPSA) is 144 Å². The molecule has 14 heteroatoms. The highest BCUT2D eigenvalue weighted by Crippen LogP contribution is 2.29. The van der Waals surface area contributed by atoms with Crippen LogP contribution in [-0.2, 0) is 47.7 Å². The number of amides is 1. The maximum absolute atomic E-state index is 12.8. The van der Waals surface area contributed by atoms with E-state index in [1.54, 1.807) is 5.32 Å². The zero-order chi connectivity index (χ0) is 23.2. The van der Waals surface area contributed by atoms with Crippen molar-refractivity contribution in [3.8, 4) is 0 Å². The summed E-state index contributed by atoms with van der Waals surface area (Å²) in [5.74, 6) is -6.23. The summed E-state index contributed by atoms with van der Waals surface area (Å²) < 4.78 is 63.3. The summed E-state index contributed by atoms with van der Waals surface area (Å²) in [6.07, 6.45) is -12.2. The molecule has 1 rings (SSSR count). The van der Waals surface area contributed by atoms with Gasteiger partial charge in [0.1, 0.15) is 18.8 Å². The van der Waals surface area contributed by atoms with Crippen LogP contribution in [0, 0.1) is 0 Å². The van der Waals surface area contributed by atoms with Crippen LogP contribution in [0.1, 0.15) is 27.7 Å². The van der Waals surface area contributed by atoms with Crippen molar-refractivity contribution >= 4 is 29.8 Å². The molecule has 170 valence electrons. The van der Waals surface area contributed by atoms with E-state index >= 15 is 0 Å². The van der Waals surface area contributed by atoms with Crippen molar-refractivity contribution in [2.24, 2.45) is 0 Å². The van der Waals surface area contributed by atoms with Crippen LogP contribution < -0.4 is 5.32 Å². The van der Waals surface area contributed by atoms with Gasteiger partial charge in [-0.05, 0) is 0 Å². The molecule has 2 unspecified atom stereocenters. The van der Waals surface area contributed by atoms with Crippen molar-refractivity contribution in [3.63, 3.8) is 0 Å². The fourth-order valence-electron chi connectivity index (χ4n) is 2.57. The molecule has 1 aliphatic heterocycles. The Hall–Kier alpha value is -2.90. The molecule has 30 heavy (non-hydrogen) atoms. The Bertz CT molecular complexity index is 695. The van der Waals surface area contributed by atoms with E-state index in [9.17, 15) is 37.1 Å². The third kappa shape index (κ3) is 7.50. The summed E-state index contributed by atoms with van der Waals surface area (Å²) in [6, 6.07) is -1.87. The highest BCUT2D eigenvalue weighted by atomic mass is 19.4. The average Bonchev–Trinajstić information content (AvgIpc) is 2.56. The second-order valence-electron chi connectivity index (χ2n) is 6.10. The van der Waals surface area contributed by atoms with Crippen molar-refractivity contribution < 1.29 is 60.8 Å². The van der Waals surface area contributed by atoms with E-state index in [0.29, 0.717) is 0 Å². The first kappa shape index (κ1) is 25.1. The maximum Gasteiger partial charge on any atom is 0.471 e. The predicted octanol–water partition coefficient (Wildman–Crippen LogP) is -0.252. The van der Waals surface area contributed by atoms with Gasteiger partial charge < -0.3 is 29.0 Å². The molecule has 1 heterocycles. The van der Waals surface area contributed by atoms with Gasteiger partial charge in [0.25, 0.3) is 0 Å². The molecule has 0 spiro atoms. The molecule has 0 aromatic heterocycles. The van der Waals surface area contributed by atoms with Gasteiger partial charge in [0.15, 0.2) is 12.2 Å². The molecule has 0 aromatic carbocycles. The molecule has 0 aliphatic carbocycles. The van der Waals surface area contributed by atoms with Crippen LogP contribution in [0.25, 0.3) is 0 Å². The van der Waals surface area contributed by atoms with Crippen LogP contribution in [0.2, 0.25) is 0 Å². The SMILES string of the molecule is CC(=O)OCC1O[C@H](OC(C)=O)[C@H](OC(C)=O)C(NC(=O)C(F)(F)F)[C@@H]1OC(C)=O. The number of hydrogen-bond acceptors (Lipinski definition) is 10. The molecule has 1 aliphatic rings. The van der Waals surface area contributed by atoms with Gasteiger partial charge >= 0.3 is 36.0 Å². The summed E-state index contributed by atoms with van der Waals surface area (Å²) in [5, 5.41) is 1.56. The summed E-state index contributed by atoms with van der Waals surface area (Å²) >= 11 is 0. The van der Waals surface area contributed by atoms with Gasteiger partial charge in [-0.25, -0.2) is 0 Å². The van der Waals surface area contributed by atoms with Crippen LogP contribution in [0.3, 0.4) is 0 Å². The lowest BCUT2D eigenvalue weighted by Gasteiger charge is -2.44.